The van der Waals surface area contributed by atoms with Gasteiger partial charge in [-0.2, -0.15) is 0 Å². The first-order valence-corrected chi connectivity index (χ1v) is 4.97. The number of hydrogen-bond donors (Lipinski definition) is 1. The molecule has 0 atom stereocenters. The fourth-order valence-electron chi connectivity index (χ4n) is 1.27. The van der Waals surface area contributed by atoms with E-state index in [0.717, 1.165) is 6.26 Å². The van der Waals surface area contributed by atoms with Crippen molar-refractivity contribution < 1.29 is 18.7 Å². The molecule has 15 heavy (non-hydrogen) atoms. The van der Waals surface area contributed by atoms with Crippen LogP contribution in [0.25, 0.3) is 11.0 Å². The summed E-state index contributed by atoms with van der Waals surface area (Å²) >= 11 is 8.71. The van der Waals surface area contributed by atoms with Gasteiger partial charge < -0.3 is 9.52 Å². The molecule has 0 fully saturated rings. The minimum Gasteiger partial charge on any atom is -0.478 e. The number of hydrogen-bond acceptors (Lipinski definition) is 2. The number of furan rings is 1. The molecule has 6 heteroatoms. The number of aromatic carboxylic acids is 1. The van der Waals surface area contributed by atoms with E-state index < -0.39 is 11.8 Å². The second-order valence-electron chi connectivity index (χ2n) is 2.81. The van der Waals surface area contributed by atoms with Gasteiger partial charge in [0, 0.05) is 0 Å². The number of fused-ring (bicyclic) bond motifs is 1. The molecule has 1 aromatic carbocycles. The topological polar surface area (TPSA) is 50.4 Å². The molecule has 0 amide bonds. The van der Waals surface area contributed by atoms with E-state index in [9.17, 15) is 9.18 Å². The second-order valence-corrected chi connectivity index (χ2v) is 4.07. The van der Waals surface area contributed by atoms with E-state index in [0.29, 0.717) is 0 Å². The molecule has 1 N–H and O–H groups in total. The van der Waals surface area contributed by atoms with Crippen LogP contribution in [-0.4, -0.2) is 11.1 Å². The summed E-state index contributed by atoms with van der Waals surface area (Å²) in [4.78, 5) is 10.8. The Labute approximate surface area is 96.6 Å². The minimum atomic E-state index is -1.26. The number of rotatable bonds is 1. The molecular formula is C9H3BrClFO3. The third-order valence-electron chi connectivity index (χ3n) is 1.92. The molecule has 1 heterocycles. The molecule has 0 spiro atoms. The van der Waals surface area contributed by atoms with Crippen molar-refractivity contribution in [2.45, 2.75) is 0 Å². The van der Waals surface area contributed by atoms with Crippen LogP contribution in [0.1, 0.15) is 10.4 Å². The van der Waals surface area contributed by atoms with E-state index in [4.69, 9.17) is 21.1 Å². The molecule has 0 saturated carbocycles. The van der Waals surface area contributed by atoms with Crippen LogP contribution in [0.3, 0.4) is 0 Å². The molecule has 0 aliphatic heterocycles. The van der Waals surface area contributed by atoms with Crippen molar-refractivity contribution in [1.29, 1.82) is 0 Å². The van der Waals surface area contributed by atoms with Crippen molar-refractivity contribution in [2.75, 3.05) is 0 Å². The minimum absolute atomic E-state index is 0.0368. The van der Waals surface area contributed by atoms with Crippen molar-refractivity contribution in [3.8, 4) is 0 Å². The van der Waals surface area contributed by atoms with Gasteiger partial charge in [-0.15, -0.1) is 0 Å². The first-order valence-electron chi connectivity index (χ1n) is 3.80. The summed E-state index contributed by atoms with van der Waals surface area (Å²) < 4.78 is 18.6. The van der Waals surface area contributed by atoms with Crippen LogP contribution in [0, 0.1) is 5.82 Å². The van der Waals surface area contributed by atoms with Gasteiger partial charge in [0.25, 0.3) is 0 Å². The molecule has 78 valence electrons. The molecule has 0 aliphatic carbocycles. The first kappa shape index (κ1) is 10.4. The predicted molar refractivity (Wildman–Crippen MR) is 55.8 cm³/mol. The van der Waals surface area contributed by atoms with Crippen LogP contribution in [0.2, 0.25) is 5.02 Å². The molecule has 0 unspecified atom stereocenters. The Morgan fingerprint density at radius 1 is 1.60 bits per heavy atom. The first-order chi connectivity index (χ1) is 7.02. The summed E-state index contributed by atoms with van der Waals surface area (Å²) in [5.41, 5.74) is -0.208. The highest BCUT2D eigenvalue weighted by Gasteiger charge is 2.20. The Balaban J connectivity index is 2.95. The van der Waals surface area contributed by atoms with Crippen LogP contribution >= 0.6 is 27.5 Å². The quantitative estimate of drug-likeness (QED) is 0.816. The summed E-state index contributed by atoms with van der Waals surface area (Å²) in [6.45, 7) is 0. The fourth-order valence-corrected chi connectivity index (χ4v) is 2.08. The third kappa shape index (κ3) is 1.52. The molecule has 3 nitrogen and oxygen atoms in total. The number of halogens is 3. The molecule has 2 aromatic rings. The van der Waals surface area contributed by atoms with Crippen LogP contribution in [0.5, 0.6) is 0 Å². The summed E-state index contributed by atoms with van der Waals surface area (Å²) in [5, 5.41) is 8.83. The van der Waals surface area contributed by atoms with Crippen LogP contribution < -0.4 is 0 Å². The maximum absolute atomic E-state index is 13.6. The highest BCUT2D eigenvalue weighted by atomic mass is 79.9. The highest BCUT2D eigenvalue weighted by molar-refractivity contribution is 9.10. The van der Waals surface area contributed by atoms with E-state index >= 15 is 0 Å². The molecule has 0 saturated heterocycles. The van der Waals surface area contributed by atoms with Gasteiger partial charge in [0.2, 0.25) is 0 Å². The van der Waals surface area contributed by atoms with E-state index in [1.165, 1.54) is 6.07 Å². The number of carboxylic acids is 1. The Morgan fingerprint density at radius 3 is 2.87 bits per heavy atom. The summed E-state index contributed by atoms with van der Waals surface area (Å²) in [6.07, 6.45) is 0.967. The molecule has 0 aliphatic rings. The number of carbonyl (C=O) groups is 1. The van der Waals surface area contributed by atoms with Crippen molar-refractivity contribution in [3.63, 3.8) is 0 Å². The van der Waals surface area contributed by atoms with Gasteiger partial charge in [0.1, 0.15) is 17.6 Å². The van der Waals surface area contributed by atoms with Gasteiger partial charge in [-0.3, -0.25) is 0 Å². The Morgan fingerprint density at radius 2 is 2.27 bits per heavy atom. The highest BCUT2D eigenvalue weighted by Crippen LogP contribution is 2.34. The lowest BCUT2D eigenvalue weighted by molar-refractivity contribution is 0.0697. The van der Waals surface area contributed by atoms with E-state index in [2.05, 4.69) is 15.9 Å². The van der Waals surface area contributed by atoms with Crippen molar-refractivity contribution >= 4 is 44.5 Å². The van der Waals surface area contributed by atoms with Gasteiger partial charge in [0.15, 0.2) is 5.58 Å². The molecule has 0 bridgehead atoms. The number of carboxylic acid groups (broad SMARTS) is 1. The monoisotopic (exact) mass is 292 g/mol. The van der Waals surface area contributed by atoms with Crippen LogP contribution in [-0.2, 0) is 0 Å². The summed E-state index contributed by atoms with van der Waals surface area (Å²) in [7, 11) is 0. The lowest BCUT2D eigenvalue weighted by Crippen LogP contribution is -1.95. The average Bonchev–Trinajstić information content (AvgIpc) is 2.58. The summed E-state index contributed by atoms with van der Waals surface area (Å²) in [5.74, 6) is -1.96. The van der Waals surface area contributed by atoms with Gasteiger partial charge in [-0.25, -0.2) is 9.18 Å². The maximum atomic E-state index is 13.6. The molecule has 2 rings (SSSR count). The smallest absolute Gasteiger partial charge is 0.339 e. The number of benzene rings is 1. The van der Waals surface area contributed by atoms with E-state index in [1.54, 1.807) is 0 Å². The van der Waals surface area contributed by atoms with Crippen LogP contribution in [0.15, 0.2) is 21.2 Å². The Hall–Kier alpha value is -1.07. The SMILES string of the molecule is O=C(O)c1coc2c(Cl)cc(Br)c(F)c12. The molecule has 1 aromatic heterocycles. The van der Waals surface area contributed by atoms with E-state index in [1.807, 2.05) is 0 Å². The average molecular weight is 293 g/mol. The maximum Gasteiger partial charge on any atom is 0.339 e. The third-order valence-corrected chi connectivity index (χ3v) is 2.78. The zero-order valence-corrected chi connectivity index (χ0v) is 9.39. The van der Waals surface area contributed by atoms with Gasteiger partial charge in [-0.05, 0) is 22.0 Å². The second kappa shape index (κ2) is 3.50. The van der Waals surface area contributed by atoms with Crippen molar-refractivity contribution in [1.82, 2.24) is 0 Å². The Kier molecular flexibility index (Phi) is 2.44. The largest absolute Gasteiger partial charge is 0.478 e. The normalized spacial score (nSPS) is 10.9. The van der Waals surface area contributed by atoms with Gasteiger partial charge in [0.05, 0.1) is 14.9 Å². The van der Waals surface area contributed by atoms with Crippen molar-refractivity contribution in [2.24, 2.45) is 0 Å². The standard InChI is InChI=1S/C9H3BrClFO3/c10-4-1-5(11)8-6(7(4)12)3(2-15-8)9(13)14/h1-2H,(H,13,14). The molecular weight excluding hydrogens is 290 g/mol. The van der Waals surface area contributed by atoms with Gasteiger partial charge >= 0.3 is 5.97 Å². The van der Waals surface area contributed by atoms with Crippen molar-refractivity contribution in [3.05, 3.63) is 33.2 Å². The lowest BCUT2D eigenvalue weighted by atomic mass is 10.1. The summed E-state index contributed by atoms with van der Waals surface area (Å²) in [6, 6.07) is 1.31. The Bertz CT molecular complexity index is 564. The zero-order valence-electron chi connectivity index (χ0n) is 7.05. The molecule has 0 radical (unpaired) electrons. The van der Waals surface area contributed by atoms with Gasteiger partial charge in [-0.1, -0.05) is 11.6 Å². The predicted octanol–water partition coefficient (Wildman–Crippen LogP) is 3.69. The van der Waals surface area contributed by atoms with E-state index in [-0.39, 0.29) is 26.0 Å². The fraction of sp³-hybridized carbons (Fsp3) is 0. The van der Waals surface area contributed by atoms with Crippen LogP contribution in [0.4, 0.5) is 4.39 Å². The lowest BCUT2D eigenvalue weighted by Gasteiger charge is -1.98. The zero-order chi connectivity index (χ0) is 11.2.